The summed E-state index contributed by atoms with van der Waals surface area (Å²) < 4.78 is 28.2. The fraction of sp³-hybridized carbons (Fsp3) is 0.143. The summed E-state index contributed by atoms with van der Waals surface area (Å²) in [7, 11) is -3.70. The second-order valence-corrected chi connectivity index (χ2v) is 7.53. The number of nitrogens with two attached hydrogens (primary N) is 1. The van der Waals surface area contributed by atoms with Gasteiger partial charge in [0.1, 0.15) is 0 Å². The highest BCUT2D eigenvalue weighted by atomic mass is 79.9. The van der Waals surface area contributed by atoms with Gasteiger partial charge in [0, 0.05) is 16.0 Å². The second-order valence-electron chi connectivity index (χ2n) is 4.52. The number of anilines is 1. The molecule has 0 saturated carbocycles. The molecular formula is C14H14BrClN2O2S. The smallest absolute Gasteiger partial charge is 0.261 e. The zero-order chi connectivity index (χ0) is 15.6. The van der Waals surface area contributed by atoms with Crippen molar-refractivity contribution in [3.05, 3.63) is 57.0 Å². The van der Waals surface area contributed by atoms with Crippen LogP contribution in [0.15, 0.2) is 45.8 Å². The molecule has 0 aliphatic carbocycles. The van der Waals surface area contributed by atoms with Gasteiger partial charge in [-0.25, -0.2) is 8.42 Å². The van der Waals surface area contributed by atoms with Crippen LogP contribution in [0.2, 0.25) is 5.02 Å². The van der Waals surface area contributed by atoms with E-state index in [1.54, 1.807) is 12.1 Å². The lowest BCUT2D eigenvalue weighted by molar-refractivity contribution is 0.601. The topological polar surface area (TPSA) is 72.2 Å². The van der Waals surface area contributed by atoms with Gasteiger partial charge in [-0.2, -0.15) is 0 Å². The van der Waals surface area contributed by atoms with Crippen LogP contribution in [0.3, 0.4) is 0 Å². The number of hydrogen-bond acceptors (Lipinski definition) is 3. The molecule has 0 saturated heterocycles. The van der Waals surface area contributed by atoms with Gasteiger partial charge in [-0.15, -0.1) is 0 Å². The molecule has 0 atom stereocenters. The average molecular weight is 390 g/mol. The van der Waals surface area contributed by atoms with Gasteiger partial charge in [0.15, 0.2) is 0 Å². The molecule has 2 rings (SSSR count). The Labute approximate surface area is 137 Å². The van der Waals surface area contributed by atoms with Crippen LogP contribution in [0.5, 0.6) is 0 Å². The Bertz CT molecular complexity index is 779. The van der Waals surface area contributed by atoms with Gasteiger partial charge in [0.2, 0.25) is 0 Å². The molecule has 4 nitrogen and oxygen atoms in total. The predicted molar refractivity (Wildman–Crippen MR) is 89.0 cm³/mol. The van der Waals surface area contributed by atoms with Crippen LogP contribution in [-0.4, -0.2) is 8.42 Å². The van der Waals surface area contributed by atoms with E-state index >= 15 is 0 Å². The monoisotopic (exact) mass is 388 g/mol. The summed E-state index contributed by atoms with van der Waals surface area (Å²) in [5, 5.41) is 0.339. The number of aryl methyl sites for hydroxylation is 1. The number of hydrogen-bond donors (Lipinski definition) is 2. The van der Waals surface area contributed by atoms with Crippen molar-refractivity contribution in [2.75, 3.05) is 4.72 Å². The molecule has 112 valence electrons. The molecule has 2 aromatic rings. The lowest BCUT2D eigenvalue weighted by atomic mass is 10.2. The van der Waals surface area contributed by atoms with E-state index in [1.807, 2.05) is 19.1 Å². The maximum absolute atomic E-state index is 12.4. The van der Waals surface area contributed by atoms with E-state index in [1.165, 1.54) is 12.1 Å². The van der Waals surface area contributed by atoms with Gasteiger partial charge < -0.3 is 5.73 Å². The Morgan fingerprint density at radius 3 is 2.57 bits per heavy atom. The molecule has 0 aliphatic rings. The van der Waals surface area contributed by atoms with Crippen LogP contribution in [0, 0.1) is 6.92 Å². The average Bonchev–Trinajstić information content (AvgIpc) is 2.42. The quantitative estimate of drug-likeness (QED) is 0.838. The first-order valence-corrected chi connectivity index (χ1v) is 8.76. The minimum atomic E-state index is -3.70. The van der Waals surface area contributed by atoms with Crippen LogP contribution in [0.25, 0.3) is 0 Å². The molecule has 2 aromatic carbocycles. The summed E-state index contributed by atoms with van der Waals surface area (Å²) in [6.45, 7) is 2.09. The summed E-state index contributed by atoms with van der Waals surface area (Å²) in [6.07, 6.45) is 0. The van der Waals surface area contributed by atoms with Crippen molar-refractivity contribution in [1.82, 2.24) is 0 Å². The van der Waals surface area contributed by atoms with E-state index < -0.39 is 10.0 Å². The first-order valence-electron chi connectivity index (χ1n) is 6.11. The summed E-state index contributed by atoms with van der Waals surface area (Å²) in [6, 6.07) is 9.89. The molecule has 0 radical (unpaired) electrons. The Hall–Kier alpha value is -1.08. The third-order valence-corrected chi connectivity index (χ3v) is 5.21. The number of nitrogens with one attached hydrogen (secondary N) is 1. The van der Waals surface area contributed by atoms with E-state index in [9.17, 15) is 8.42 Å². The molecule has 21 heavy (non-hydrogen) atoms. The molecule has 0 fully saturated rings. The molecule has 0 heterocycles. The summed E-state index contributed by atoms with van der Waals surface area (Å²) in [4.78, 5) is 0.101. The minimum absolute atomic E-state index is 0.101. The number of rotatable bonds is 4. The van der Waals surface area contributed by atoms with Crippen molar-refractivity contribution in [3.63, 3.8) is 0 Å². The summed E-state index contributed by atoms with van der Waals surface area (Å²) >= 11 is 9.34. The summed E-state index contributed by atoms with van der Waals surface area (Å²) in [5.74, 6) is 0. The van der Waals surface area contributed by atoms with E-state index in [0.717, 1.165) is 10.0 Å². The van der Waals surface area contributed by atoms with Gasteiger partial charge in [0.25, 0.3) is 10.0 Å². The first-order chi connectivity index (χ1) is 9.83. The lowest BCUT2D eigenvalue weighted by Crippen LogP contribution is -2.14. The van der Waals surface area contributed by atoms with E-state index in [4.69, 9.17) is 17.3 Å². The normalized spacial score (nSPS) is 11.4. The van der Waals surface area contributed by atoms with E-state index in [2.05, 4.69) is 20.7 Å². The fourth-order valence-electron chi connectivity index (χ4n) is 1.77. The standard InChI is InChI=1S/C14H14BrClN2O2S/c1-9-2-4-11(15)6-14(9)18-21(19,20)12-5-3-10(8-17)13(16)7-12/h2-7,18H,8,17H2,1H3. The maximum Gasteiger partial charge on any atom is 0.261 e. The molecule has 7 heteroatoms. The van der Waals surface area contributed by atoms with Crippen LogP contribution in [0.1, 0.15) is 11.1 Å². The number of halogens is 2. The highest BCUT2D eigenvalue weighted by Gasteiger charge is 2.16. The fourth-order valence-corrected chi connectivity index (χ4v) is 3.60. The van der Waals surface area contributed by atoms with Gasteiger partial charge in [-0.3, -0.25) is 4.72 Å². The first kappa shape index (κ1) is 16.3. The molecule has 3 N–H and O–H groups in total. The van der Waals surface area contributed by atoms with E-state index in [0.29, 0.717) is 16.3 Å². The maximum atomic E-state index is 12.4. The van der Waals surface area contributed by atoms with Gasteiger partial charge in [-0.05, 0) is 42.3 Å². The highest BCUT2D eigenvalue weighted by molar-refractivity contribution is 9.10. The van der Waals surface area contributed by atoms with Gasteiger partial charge in [-0.1, -0.05) is 39.7 Å². The predicted octanol–water partition coefficient (Wildman–Crippen LogP) is 3.67. The lowest BCUT2D eigenvalue weighted by Gasteiger charge is -2.12. The van der Waals surface area contributed by atoms with Crippen molar-refractivity contribution in [3.8, 4) is 0 Å². The minimum Gasteiger partial charge on any atom is -0.326 e. The Morgan fingerprint density at radius 1 is 1.24 bits per heavy atom. The third-order valence-electron chi connectivity index (χ3n) is 3.00. The van der Waals surface area contributed by atoms with Crippen molar-refractivity contribution >= 4 is 43.2 Å². The summed E-state index contributed by atoms with van der Waals surface area (Å²) in [5.41, 5.74) is 7.56. The molecule has 0 amide bonds. The second kappa shape index (κ2) is 6.36. The Balaban J connectivity index is 2.38. The van der Waals surface area contributed by atoms with Crippen molar-refractivity contribution in [1.29, 1.82) is 0 Å². The molecule has 0 bridgehead atoms. The van der Waals surface area contributed by atoms with Crippen molar-refractivity contribution < 1.29 is 8.42 Å². The van der Waals surface area contributed by atoms with Crippen LogP contribution in [-0.2, 0) is 16.6 Å². The molecule has 0 spiro atoms. The van der Waals surface area contributed by atoms with Crippen molar-refractivity contribution in [2.24, 2.45) is 5.73 Å². The Morgan fingerprint density at radius 2 is 1.95 bits per heavy atom. The number of sulfonamides is 1. The largest absolute Gasteiger partial charge is 0.326 e. The third kappa shape index (κ3) is 3.77. The molecule has 0 aromatic heterocycles. The van der Waals surface area contributed by atoms with Crippen LogP contribution >= 0.6 is 27.5 Å². The van der Waals surface area contributed by atoms with E-state index in [-0.39, 0.29) is 11.4 Å². The zero-order valence-electron chi connectivity index (χ0n) is 11.2. The van der Waals surface area contributed by atoms with Gasteiger partial charge in [0.05, 0.1) is 10.6 Å². The van der Waals surface area contributed by atoms with Crippen LogP contribution in [0.4, 0.5) is 5.69 Å². The number of benzene rings is 2. The SMILES string of the molecule is Cc1ccc(Br)cc1NS(=O)(=O)c1ccc(CN)c(Cl)c1. The molecular weight excluding hydrogens is 376 g/mol. The highest BCUT2D eigenvalue weighted by Crippen LogP contribution is 2.25. The zero-order valence-corrected chi connectivity index (χ0v) is 14.4. The van der Waals surface area contributed by atoms with Crippen LogP contribution < -0.4 is 10.5 Å². The Kier molecular flexibility index (Phi) is 4.93. The molecule has 0 aliphatic heterocycles. The van der Waals surface area contributed by atoms with Crippen molar-refractivity contribution in [2.45, 2.75) is 18.4 Å². The van der Waals surface area contributed by atoms with Gasteiger partial charge >= 0.3 is 0 Å². The molecule has 0 unspecified atom stereocenters.